The van der Waals surface area contributed by atoms with Crippen LogP contribution in [0, 0.1) is 17.8 Å². The number of nitrogens with one attached hydrogen (secondary N) is 2. The Kier molecular flexibility index (Phi) is 5.87. The van der Waals surface area contributed by atoms with E-state index < -0.39 is 0 Å². The highest BCUT2D eigenvalue weighted by atomic mass is 32.2. The summed E-state index contributed by atoms with van der Waals surface area (Å²) >= 11 is 1.44. The van der Waals surface area contributed by atoms with Crippen LogP contribution in [-0.2, 0) is 4.79 Å². The van der Waals surface area contributed by atoms with Gasteiger partial charge in [-0.25, -0.2) is 0 Å². The van der Waals surface area contributed by atoms with Gasteiger partial charge in [0.15, 0.2) is 0 Å². The summed E-state index contributed by atoms with van der Waals surface area (Å²) in [6.07, 6.45) is 7.52. The highest BCUT2D eigenvalue weighted by Crippen LogP contribution is 2.55. The van der Waals surface area contributed by atoms with Crippen molar-refractivity contribution in [3.63, 3.8) is 0 Å². The Bertz CT molecular complexity index is 1200. The molecule has 1 unspecified atom stereocenters. The third-order valence-corrected chi connectivity index (χ3v) is 9.23. The number of benzene rings is 2. The molecule has 2 amide bonds. The van der Waals surface area contributed by atoms with Gasteiger partial charge in [0.2, 0.25) is 5.91 Å². The smallest absolute Gasteiger partial charge is 0.252 e. The Morgan fingerprint density at radius 3 is 2.37 bits per heavy atom. The van der Waals surface area contributed by atoms with E-state index in [0.717, 1.165) is 58.6 Å². The minimum Gasteiger partial charge on any atom is -0.459 e. The molecule has 3 aromatic rings. The third kappa shape index (κ3) is 4.61. The second-order valence-corrected chi connectivity index (χ2v) is 11.9. The summed E-state index contributed by atoms with van der Waals surface area (Å²) in [5.74, 6) is 3.36. The van der Waals surface area contributed by atoms with Crippen LogP contribution in [0.4, 0.5) is 0 Å². The van der Waals surface area contributed by atoms with Gasteiger partial charge in [0.05, 0.1) is 17.4 Å². The summed E-state index contributed by atoms with van der Waals surface area (Å²) in [6.45, 7) is 1.92. The van der Waals surface area contributed by atoms with Crippen molar-refractivity contribution < 1.29 is 14.0 Å². The van der Waals surface area contributed by atoms with E-state index in [9.17, 15) is 9.59 Å². The maximum Gasteiger partial charge on any atom is 0.252 e. The van der Waals surface area contributed by atoms with Crippen molar-refractivity contribution in [2.75, 3.05) is 5.75 Å². The summed E-state index contributed by atoms with van der Waals surface area (Å²) < 4.78 is 5.92. The molecule has 0 aliphatic heterocycles. The average Bonchev–Trinajstić information content (AvgIpc) is 3.26. The van der Waals surface area contributed by atoms with E-state index >= 15 is 0 Å². The molecule has 2 aromatic carbocycles. The predicted molar refractivity (Wildman–Crippen MR) is 138 cm³/mol. The van der Waals surface area contributed by atoms with Crippen LogP contribution < -0.4 is 10.6 Å². The molecule has 1 atom stereocenters. The number of carbonyl (C=O) groups is 2. The molecular formula is C29H32N2O3S. The minimum atomic E-state index is -0.271. The maximum atomic E-state index is 13.1. The molecule has 0 saturated heterocycles. The van der Waals surface area contributed by atoms with Crippen molar-refractivity contribution in [2.45, 2.75) is 61.9 Å². The van der Waals surface area contributed by atoms with Crippen LogP contribution in [0.5, 0.6) is 0 Å². The average molecular weight is 489 g/mol. The highest BCUT2D eigenvalue weighted by Gasteiger charge is 2.51. The van der Waals surface area contributed by atoms with Crippen LogP contribution in [-0.4, -0.2) is 23.1 Å². The Hall–Kier alpha value is -2.73. The standard InChI is InChI=1S/C29H32N2O3S/c1-18(25-13-22-6-2-4-8-24(22)34-25)30-28(33)23-7-3-5-9-26(23)35-17-27(32)31-29-14-19-10-20(15-29)12-21(11-19)16-29/h2-9,13,18-21H,10-12,14-17H2,1H3,(H,30,33)(H,31,32). The van der Waals surface area contributed by atoms with Gasteiger partial charge in [0, 0.05) is 15.8 Å². The molecule has 1 aromatic heterocycles. The van der Waals surface area contributed by atoms with Crippen LogP contribution in [0.15, 0.2) is 63.9 Å². The number of hydrogen-bond acceptors (Lipinski definition) is 4. The molecule has 4 bridgehead atoms. The van der Waals surface area contributed by atoms with Crippen molar-refractivity contribution in [2.24, 2.45) is 17.8 Å². The lowest BCUT2D eigenvalue weighted by molar-refractivity contribution is -0.124. The van der Waals surface area contributed by atoms with Gasteiger partial charge in [-0.1, -0.05) is 30.3 Å². The molecule has 6 heteroatoms. The van der Waals surface area contributed by atoms with E-state index in [1.165, 1.54) is 31.0 Å². The van der Waals surface area contributed by atoms with E-state index in [1.807, 2.05) is 61.5 Å². The van der Waals surface area contributed by atoms with Gasteiger partial charge >= 0.3 is 0 Å². The Balaban J connectivity index is 1.09. The summed E-state index contributed by atoms with van der Waals surface area (Å²) in [6, 6.07) is 17.0. The van der Waals surface area contributed by atoms with E-state index in [-0.39, 0.29) is 23.4 Å². The van der Waals surface area contributed by atoms with E-state index in [4.69, 9.17) is 4.42 Å². The first-order valence-electron chi connectivity index (χ1n) is 12.8. The molecule has 7 rings (SSSR count). The van der Waals surface area contributed by atoms with Crippen LogP contribution in [0.2, 0.25) is 0 Å². The Morgan fingerprint density at radius 1 is 1.00 bits per heavy atom. The van der Waals surface area contributed by atoms with Crippen molar-refractivity contribution in [1.29, 1.82) is 0 Å². The zero-order valence-electron chi connectivity index (χ0n) is 20.1. The number of para-hydroxylation sites is 1. The fourth-order valence-electron chi connectivity index (χ4n) is 7.08. The lowest BCUT2D eigenvalue weighted by Crippen LogP contribution is -2.60. The number of carbonyl (C=O) groups excluding carboxylic acids is 2. The van der Waals surface area contributed by atoms with Gasteiger partial charge in [-0.3, -0.25) is 9.59 Å². The minimum absolute atomic E-state index is 0.0191. The molecule has 0 spiro atoms. The number of hydrogen-bond donors (Lipinski definition) is 2. The molecule has 4 saturated carbocycles. The largest absolute Gasteiger partial charge is 0.459 e. The van der Waals surface area contributed by atoms with Crippen LogP contribution in [0.1, 0.15) is 67.6 Å². The second kappa shape index (κ2) is 9.05. The van der Waals surface area contributed by atoms with E-state index in [2.05, 4.69) is 10.6 Å². The number of furan rings is 1. The number of fused-ring (bicyclic) bond motifs is 1. The molecule has 182 valence electrons. The third-order valence-electron chi connectivity index (χ3n) is 8.15. The van der Waals surface area contributed by atoms with Crippen LogP contribution in [0.3, 0.4) is 0 Å². The molecule has 1 heterocycles. The van der Waals surface area contributed by atoms with Crippen molar-refractivity contribution in [3.05, 3.63) is 65.9 Å². The fraction of sp³-hybridized carbons (Fsp3) is 0.448. The van der Waals surface area contributed by atoms with Gasteiger partial charge in [-0.05, 0) is 87.5 Å². The molecule has 5 nitrogen and oxygen atoms in total. The van der Waals surface area contributed by atoms with Gasteiger partial charge in [-0.15, -0.1) is 11.8 Å². The summed E-state index contributed by atoms with van der Waals surface area (Å²) in [7, 11) is 0. The molecule has 4 aliphatic rings. The summed E-state index contributed by atoms with van der Waals surface area (Å²) in [5, 5.41) is 7.51. The van der Waals surface area contributed by atoms with Crippen molar-refractivity contribution in [3.8, 4) is 0 Å². The first-order chi connectivity index (χ1) is 17.0. The molecular weight excluding hydrogens is 456 g/mol. The van der Waals surface area contributed by atoms with E-state index in [1.54, 1.807) is 0 Å². The molecule has 4 aliphatic carbocycles. The lowest BCUT2D eigenvalue weighted by atomic mass is 9.53. The molecule has 4 fully saturated rings. The number of thioether (sulfide) groups is 1. The van der Waals surface area contributed by atoms with Gasteiger partial charge in [-0.2, -0.15) is 0 Å². The Labute approximate surface area is 210 Å². The van der Waals surface area contributed by atoms with E-state index in [0.29, 0.717) is 11.3 Å². The number of rotatable bonds is 7. The maximum absolute atomic E-state index is 13.1. The van der Waals surface area contributed by atoms with Crippen molar-refractivity contribution >= 4 is 34.5 Å². The lowest BCUT2D eigenvalue weighted by Gasteiger charge is -2.56. The van der Waals surface area contributed by atoms with Crippen LogP contribution in [0.25, 0.3) is 11.0 Å². The SMILES string of the molecule is CC(NC(=O)c1ccccc1SCC(=O)NC12CC3CC(CC(C3)C1)C2)c1cc2ccccc2o1. The monoisotopic (exact) mass is 488 g/mol. The van der Waals surface area contributed by atoms with Gasteiger partial charge in [0.25, 0.3) is 5.91 Å². The molecule has 2 N–H and O–H groups in total. The summed E-state index contributed by atoms with van der Waals surface area (Å²) in [5.41, 5.74) is 1.42. The summed E-state index contributed by atoms with van der Waals surface area (Å²) in [4.78, 5) is 26.9. The molecule has 0 radical (unpaired) electrons. The van der Waals surface area contributed by atoms with Crippen LogP contribution >= 0.6 is 11.8 Å². The zero-order valence-corrected chi connectivity index (χ0v) is 20.9. The van der Waals surface area contributed by atoms with Gasteiger partial charge < -0.3 is 15.1 Å². The normalized spacial score (nSPS) is 27.6. The first-order valence-corrected chi connectivity index (χ1v) is 13.8. The Morgan fingerprint density at radius 2 is 1.66 bits per heavy atom. The first kappa shape index (κ1) is 22.7. The zero-order chi connectivity index (χ0) is 24.0. The topological polar surface area (TPSA) is 71.3 Å². The highest BCUT2D eigenvalue weighted by molar-refractivity contribution is 8.00. The molecule has 35 heavy (non-hydrogen) atoms. The fourth-order valence-corrected chi connectivity index (χ4v) is 7.93. The quantitative estimate of drug-likeness (QED) is 0.394. The second-order valence-electron chi connectivity index (χ2n) is 10.9. The predicted octanol–water partition coefficient (Wildman–Crippen LogP) is 6.10. The van der Waals surface area contributed by atoms with Crippen molar-refractivity contribution in [1.82, 2.24) is 10.6 Å². The van der Waals surface area contributed by atoms with Gasteiger partial charge in [0.1, 0.15) is 11.3 Å². The number of amides is 2.